The smallest absolute Gasteiger partial charge is 0.227 e. The van der Waals surface area contributed by atoms with Crippen molar-refractivity contribution in [2.24, 2.45) is 5.92 Å². The van der Waals surface area contributed by atoms with Gasteiger partial charge in [0, 0.05) is 12.6 Å². The van der Waals surface area contributed by atoms with Crippen LogP contribution in [0.2, 0.25) is 0 Å². The number of hydrogen-bond acceptors (Lipinski definition) is 3. The largest absolute Gasteiger partial charge is 0.394 e. The van der Waals surface area contributed by atoms with Gasteiger partial charge in [0.1, 0.15) is 0 Å². The van der Waals surface area contributed by atoms with E-state index < -0.39 is 0 Å². The zero-order chi connectivity index (χ0) is 12.3. The van der Waals surface area contributed by atoms with E-state index in [-0.39, 0.29) is 30.5 Å². The fraction of sp³-hybridized carbons (Fsp3) is 0.923. The number of carbonyl (C=O) groups is 1. The molecule has 2 aliphatic rings. The van der Waals surface area contributed by atoms with Crippen molar-refractivity contribution in [2.75, 3.05) is 19.7 Å². The number of rotatable bonds is 2. The molecule has 2 saturated heterocycles. The molecule has 3 unspecified atom stereocenters. The molecular formula is C13H24N2O2. The summed E-state index contributed by atoms with van der Waals surface area (Å²) < 4.78 is 0. The van der Waals surface area contributed by atoms with E-state index in [4.69, 9.17) is 0 Å². The van der Waals surface area contributed by atoms with Crippen LogP contribution in [0.25, 0.3) is 0 Å². The van der Waals surface area contributed by atoms with Crippen LogP contribution in [0.3, 0.4) is 0 Å². The molecule has 98 valence electrons. The minimum Gasteiger partial charge on any atom is -0.394 e. The molecule has 0 aromatic rings. The average Bonchev–Trinajstić information content (AvgIpc) is 2.64. The molecule has 2 heterocycles. The van der Waals surface area contributed by atoms with Crippen molar-refractivity contribution >= 4 is 5.91 Å². The summed E-state index contributed by atoms with van der Waals surface area (Å²) in [7, 11) is 0. The first kappa shape index (κ1) is 12.8. The molecule has 0 aromatic heterocycles. The van der Waals surface area contributed by atoms with Gasteiger partial charge in [0.15, 0.2) is 0 Å². The summed E-state index contributed by atoms with van der Waals surface area (Å²) in [6.45, 7) is 3.96. The Morgan fingerprint density at radius 1 is 1.35 bits per heavy atom. The van der Waals surface area contributed by atoms with Crippen molar-refractivity contribution in [3.8, 4) is 0 Å². The molecule has 4 nitrogen and oxygen atoms in total. The van der Waals surface area contributed by atoms with Crippen molar-refractivity contribution in [3.63, 3.8) is 0 Å². The highest BCUT2D eigenvalue weighted by atomic mass is 16.3. The third kappa shape index (κ3) is 2.80. The summed E-state index contributed by atoms with van der Waals surface area (Å²) in [5.74, 6) is 0.366. The molecule has 2 N–H and O–H groups in total. The van der Waals surface area contributed by atoms with Crippen LogP contribution in [0, 0.1) is 5.92 Å². The molecule has 0 saturated carbocycles. The Labute approximate surface area is 103 Å². The average molecular weight is 240 g/mol. The second-order valence-corrected chi connectivity index (χ2v) is 5.36. The summed E-state index contributed by atoms with van der Waals surface area (Å²) in [6, 6.07) is 0.336. The third-order valence-electron chi connectivity index (χ3n) is 4.21. The predicted molar refractivity (Wildman–Crippen MR) is 66.6 cm³/mol. The van der Waals surface area contributed by atoms with Crippen molar-refractivity contribution in [1.29, 1.82) is 0 Å². The Morgan fingerprint density at radius 3 is 2.82 bits per heavy atom. The fourth-order valence-electron chi connectivity index (χ4n) is 3.07. The molecule has 3 atom stereocenters. The van der Waals surface area contributed by atoms with Gasteiger partial charge < -0.3 is 15.3 Å². The zero-order valence-corrected chi connectivity index (χ0v) is 10.7. The van der Waals surface area contributed by atoms with Crippen LogP contribution in [0.5, 0.6) is 0 Å². The van der Waals surface area contributed by atoms with Crippen molar-refractivity contribution in [3.05, 3.63) is 0 Å². The topological polar surface area (TPSA) is 52.6 Å². The Kier molecular flexibility index (Phi) is 4.40. The molecule has 0 bridgehead atoms. The molecule has 0 aromatic carbocycles. The molecule has 17 heavy (non-hydrogen) atoms. The quantitative estimate of drug-likeness (QED) is 0.749. The normalized spacial score (nSPS) is 34.7. The van der Waals surface area contributed by atoms with E-state index in [2.05, 4.69) is 12.2 Å². The summed E-state index contributed by atoms with van der Waals surface area (Å²) in [5.41, 5.74) is 0. The number of carbonyl (C=O) groups excluding carboxylic acids is 1. The van der Waals surface area contributed by atoms with Crippen molar-refractivity contribution in [2.45, 2.75) is 51.1 Å². The number of amides is 1. The number of nitrogens with zero attached hydrogens (tertiary/aromatic N) is 1. The van der Waals surface area contributed by atoms with Gasteiger partial charge >= 0.3 is 0 Å². The Hall–Kier alpha value is -0.610. The lowest BCUT2D eigenvalue weighted by Gasteiger charge is -2.32. The number of likely N-dealkylation sites (tertiary alicyclic amines) is 1. The molecule has 0 aliphatic carbocycles. The van der Waals surface area contributed by atoms with Crippen LogP contribution in [-0.4, -0.2) is 47.7 Å². The molecular weight excluding hydrogens is 216 g/mol. The molecule has 0 spiro atoms. The predicted octanol–water partition coefficient (Wildman–Crippen LogP) is 0.748. The Balaban J connectivity index is 2.04. The zero-order valence-electron chi connectivity index (χ0n) is 10.7. The van der Waals surface area contributed by atoms with Crippen LogP contribution < -0.4 is 5.32 Å². The van der Waals surface area contributed by atoms with Gasteiger partial charge in [0.25, 0.3) is 0 Å². The van der Waals surface area contributed by atoms with Gasteiger partial charge in [-0.15, -0.1) is 0 Å². The minimum atomic E-state index is 0.0535. The first-order chi connectivity index (χ1) is 8.24. The fourth-order valence-corrected chi connectivity index (χ4v) is 3.07. The SMILES string of the molecule is CC1NCCC1C(=O)N1CCCCCC1CO. The van der Waals surface area contributed by atoms with E-state index >= 15 is 0 Å². The van der Waals surface area contributed by atoms with E-state index in [0.29, 0.717) is 0 Å². The van der Waals surface area contributed by atoms with Crippen molar-refractivity contribution in [1.82, 2.24) is 10.2 Å². The first-order valence-electron chi connectivity index (χ1n) is 6.88. The second-order valence-electron chi connectivity index (χ2n) is 5.36. The maximum absolute atomic E-state index is 12.5. The summed E-state index contributed by atoms with van der Waals surface area (Å²) in [5, 5.41) is 12.8. The molecule has 2 aliphatic heterocycles. The van der Waals surface area contributed by atoms with Gasteiger partial charge in [-0.1, -0.05) is 12.8 Å². The minimum absolute atomic E-state index is 0.0535. The molecule has 0 radical (unpaired) electrons. The van der Waals surface area contributed by atoms with Gasteiger partial charge in [-0.05, 0) is 32.7 Å². The Morgan fingerprint density at radius 2 is 2.18 bits per heavy atom. The lowest BCUT2D eigenvalue weighted by molar-refractivity contribution is -0.138. The van der Waals surface area contributed by atoms with Gasteiger partial charge in [-0.3, -0.25) is 4.79 Å². The standard InChI is InChI=1S/C13H24N2O2/c1-10-12(6-7-14-10)13(17)15-8-4-2-3-5-11(15)9-16/h10-12,14,16H,2-9H2,1H3. The first-order valence-corrected chi connectivity index (χ1v) is 6.88. The number of aliphatic hydroxyl groups excluding tert-OH is 1. The molecule has 4 heteroatoms. The monoisotopic (exact) mass is 240 g/mol. The lowest BCUT2D eigenvalue weighted by Crippen LogP contribution is -2.47. The number of nitrogens with one attached hydrogen (secondary N) is 1. The maximum Gasteiger partial charge on any atom is 0.227 e. The number of aliphatic hydroxyl groups is 1. The third-order valence-corrected chi connectivity index (χ3v) is 4.21. The molecule has 1 amide bonds. The number of hydrogen-bond donors (Lipinski definition) is 2. The van der Waals surface area contributed by atoms with Gasteiger partial charge in [-0.2, -0.15) is 0 Å². The van der Waals surface area contributed by atoms with Crippen LogP contribution >= 0.6 is 0 Å². The van der Waals surface area contributed by atoms with Gasteiger partial charge in [0.05, 0.1) is 18.6 Å². The van der Waals surface area contributed by atoms with Crippen LogP contribution in [0.15, 0.2) is 0 Å². The molecule has 2 rings (SSSR count). The highest BCUT2D eigenvalue weighted by molar-refractivity contribution is 5.80. The maximum atomic E-state index is 12.5. The Bertz CT molecular complexity index is 270. The lowest BCUT2D eigenvalue weighted by atomic mass is 9.99. The van der Waals surface area contributed by atoms with E-state index in [1.54, 1.807) is 0 Å². The van der Waals surface area contributed by atoms with E-state index in [0.717, 1.165) is 38.8 Å². The summed E-state index contributed by atoms with van der Waals surface area (Å²) in [6.07, 6.45) is 5.29. The van der Waals surface area contributed by atoms with E-state index in [1.807, 2.05) is 4.90 Å². The van der Waals surface area contributed by atoms with Gasteiger partial charge in [-0.25, -0.2) is 0 Å². The highest BCUT2D eigenvalue weighted by Crippen LogP contribution is 2.23. The summed E-state index contributed by atoms with van der Waals surface area (Å²) >= 11 is 0. The van der Waals surface area contributed by atoms with Crippen LogP contribution in [0.4, 0.5) is 0 Å². The van der Waals surface area contributed by atoms with Gasteiger partial charge in [0.2, 0.25) is 5.91 Å². The van der Waals surface area contributed by atoms with E-state index in [1.165, 1.54) is 6.42 Å². The highest BCUT2D eigenvalue weighted by Gasteiger charge is 2.35. The summed E-state index contributed by atoms with van der Waals surface area (Å²) in [4.78, 5) is 14.5. The van der Waals surface area contributed by atoms with Crippen LogP contribution in [-0.2, 0) is 4.79 Å². The molecule has 2 fully saturated rings. The van der Waals surface area contributed by atoms with Crippen molar-refractivity contribution < 1.29 is 9.90 Å². The second kappa shape index (κ2) is 5.83. The van der Waals surface area contributed by atoms with E-state index in [9.17, 15) is 9.90 Å². The van der Waals surface area contributed by atoms with Crippen LogP contribution in [0.1, 0.15) is 39.0 Å².